The fourth-order valence-corrected chi connectivity index (χ4v) is 1.74. The van der Waals surface area contributed by atoms with Crippen LogP contribution in [0, 0.1) is 0 Å². The van der Waals surface area contributed by atoms with Crippen LogP contribution in [0.25, 0.3) is 0 Å². The molecule has 0 N–H and O–H groups in total. The van der Waals surface area contributed by atoms with Crippen molar-refractivity contribution in [1.29, 1.82) is 0 Å². The summed E-state index contributed by atoms with van der Waals surface area (Å²) in [5, 5.41) is 3.63. The molecule has 1 aromatic heterocycles. The van der Waals surface area contributed by atoms with Gasteiger partial charge in [0.15, 0.2) is 0 Å². The van der Waals surface area contributed by atoms with Crippen molar-refractivity contribution in [2.45, 2.75) is 13.5 Å². The van der Waals surface area contributed by atoms with Crippen LogP contribution < -0.4 is 4.74 Å². The van der Waals surface area contributed by atoms with Gasteiger partial charge in [0.1, 0.15) is 0 Å². The summed E-state index contributed by atoms with van der Waals surface area (Å²) >= 11 is 0. The Hall–Kier alpha value is -2.30. The molecule has 0 aliphatic carbocycles. The van der Waals surface area contributed by atoms with Crippen molar-refractivity contribution in [3.05, 3.63) is 47.7 Å². The van der Waals surface area contributed by atoms with Gasteiger partial charge >= 0.3 is 0 Å². The Morgan fingerprint density at radius 3 is 2.68 bits per heavy atom. The Balaban J connectivity index is 2.11. The summed E-state index contributed by atoms with van der Waals surface area (Å²) in [5.41, 5.74) is 1.07. The molecular weight excluding hydrogens is 244 g/mol. The number of nitrogens with zero attached hydrogens (tertiary/aromatic N) is 2. The van der Waals surface area contributed by atoms with Gasteiger partial charge in [-0.05, 0) is 17.6 Å². The highest BCUT2D eigenvalue weighted by atomic mass is 16.5. The molecule has 2 aromatic rings. The number of hydrogen-bond donors (Lipinski definition) is 0. The Labute approximate surface area is 111 Å². The monoisotopic (exact) mass is 260 g/mol. The van der Waals surface area contributed by atoms with Gasteiger partial charge in [0, 0.05) is 13.1 Å². The van der Waals surface area contributed by atoms with E-state index in [0.29, 0.717) is 19.0 Å². The van der Waals surface area contributed by atoms with Crippen LogP contribution in [0.2, 0.25) is 0 Å². The lowest BCUT2D eigenvalue weighted by Gasteiger charge is -2.19. The van der Waals surface area contributed by atoms with Crippen LogP contribution >= 0.6 is 0 Å². The summed E-state index contributed by atoms with van der Waals surface area (Å²) in [6.07, 6.45) is 0. The fraction of sp³-hybridized carbons (Fsp3) is 0.286. The summed E-state index contributed by atoms with van der Waals surface area (Å²) in [5.74, 6) is 0.302. The molecule has 0 bridgehead atoms. The third kappa shape index (κ3) is 3.13. The molecule has 0 unspecified atom stereocenters. The molecule has 100 valence electrons. The molecule has 0 saturated heterocycles. The standard InChI is InChI=1S/C14H16N2O3/c1-3-16(10-11-7-5-4-6-8-11)14(17)12-9-13(18-2)15-19-12/h4-9H,3,10H2,1-2H3. The van der Waals surface area contributed by atoms with E-state index in [0.717, 1.165) is 5.56 Å². The second kappa shape index (κ2) is 6.04. The van der Waals surface area contributed by atoms with Crippen LogP contribution in [0.15, 0.2) is 40.9 Å². The van der Waals surface area contributed by atoms with Gasteiger partial charge in [0.25, 0.3) is 11.8 Å². The molecule has 0 radical (unpaired) electrons. The molecule has 1 amide bonds. The summed E-state index contributed by atoms with van der Waals surface area (Å²) in [7, 11) is 1.48. The first-order valence-electron chi connectivity index (χ1n) is 6.08. The van der Waals surface area contributed by atoms with E-state index in [9.17, 15) is 4.79 Å². The Morgan fingerprint density at radius 1 is 1.37 bits per heavy atom. The highest BCUT2D eigenvalue weighted by molar-refractivity contribution is 5.91. The van der Waals surface area contributed by atoms with Gasteiger partial charge in [-0.3, -0.25) is 4.79 Å². The van der Waals surface area contributed by atoms with Crippen molar-refractivity contribution in [2.75, 3.05) is 13.7 Å². The number of methoxy groups -OCH3 is 1. The first-order chi connectivity index (χ1) is 9.24. The fourth-order valence-electron chi connectivity index (χ4n) is 1.74. The Kier molecular flexibility index (Phi) is 4.18. The topological polar surface area (TPSA) is 55.6 Å². The first kappa shape index (κ1) is 13.1. The van der Waals surface area contributed by atoms with Crippen LogP contribution in [-0.4, -0.2) is 29.6 Å². The molecule has 1 aromatic carbocycles. The van der Waals surface area contributed by atoms with Crippen LogP contribution in [0.5, 0.6) is 5.88 Å². The predicted molar refractivity (Wildman–Crippen MR) is 69.9 cm³/mol. The minimum absolute atomic E-state index is 0.189. The van der Waals surface area contributed by atoms with E-state index in [1.54, 1.807) is 4.90 Å². The van der Waals surface area contributed by atoms with Crippen LogP contribution in [0.3, 0.4) is 0 Å². The smallest absolute Gasteiger partial charge is 0.292 e. The van der Waals surface area contributed by atoms with E-state index in [2.05, 4.69) is 5.16 Å². The Bertz CT molecular complexity index is 537. The average Bonchev–Trinajstić information content (AvgIpc) is 2.94. The number of aromatic nitrogens is 1. The number of ether oxygens (including phenoxy) is 1. The zero-order chi connectivity index (χ0) is 13.7. The van der Waals surface area contributed by atoms with Gasteiger partial charge in [-0.1, -0.05) is 30.3 Å². The highest BCUT2D eigenvalue weighted by Gasteiger charge is 2.19. The zero-order valence-electron chi connectivity index (χ0n) is 11.0. The second-order valence-corrected chi connectivity index (χ2v) is 4.04. The molecule has 0 spiro atoms. The molecule has 1 heterocycles. The normalized spacial score (nSPS) is 10.2. The van der Waals surface area contributed by atoms with E-state index in [1.165, 1.54) is 13.2 Å². The molecule has 0 atom stereocenters. The maximum atomic E-state index is 12.2. The minimum Gasteiger partial charge on any atom is -0.479 e. The third-order valence-corrected chi connectivity index (χ3v) is 2.79. The third-order valence-electron chi connectivity index (χ3n) is 2.79. The molecule has 0 saturated carbocycles. The van der Waals surface area contributed by atoms with Crippen LogP contribution in [0.4, 0.5) is 0 Å². The molecule has 2 rings (SSSR count). The number of rotatable bonds is 5. The van der Waals surface area contributed by atoms with Crippen molar-refractivity contribution >= 4 is 5.91 Å². The number of carbonyl (C=O) groups is 1. The average molecular weight is 260 g/mol. The molecular formula is C14H16N2O3. The van der Waals surface area contributed by atoms with Crippen molar-refractivity contribution in [2.24, 2.45) is 0 Å². The van der Waals surface area contributed by atoms with Gasteiger partial charge in [-0.25, -0.2) is 0 Å². The van der Waals surface area contributed by atoms with Crippen LogP contribution in [0.1, 0.15) is 23.0 Å². The van der Waals surface area contributed by atoms with E-state index in [1.807, 2.05) is 37.3 Å². The molecule has 5 heteroatoms. The van der Waals surface area contributed by atoms with E-state index < -0.39 is 0 Å². The van der Waals surface area contributed by atoms with Crippen molar-refractivity contribution in [3.63, 3.8) is 0 Å². The second-order valence-electron chi connectivity index (χ2n) is 4.04. The molecule has 0 fully saturated rings. The van der Waals surface area contributed by atoms with E-state index >= 15 is 0 Å². The maximum absolute atomic E-state index is 12.2. The largest absolute Gasteiger partial charge is 0.479 e. The summed E-state index contributed by atoms with van der Waals surface area (Å²) in [6, 6.07) is 11.3. The van der Waals surface area contributed by atoms with E-state index in [4.69, 9.17) is 9.26 Å². The van der Waals surface area contributed by atoms with E-state index in [-0.39, 0.29) is 11.7 Å². The molecule has 5 nitrogen and oxygen atoms in total. The van der Waals surface area contributed by atoms with Gasteiger partial charge in [-0.2, -0.15) is 0 Å². The van der Waals surface area contributed by atoms with Gasteiger partial charge in [-0.15, -0.1) is 0 Å². The van der Waals surface area contributed by atoms with Crippen molar-refractivity contribution in [3.8, 4) is 5.88 Å². The number of carbonyl (C=O) groups excluding carboxylic acids is 1. The first-order valence-corrected chi connectivity index (χ1v) is 6.08. The lowest BCUT2D eigenvalue weighted by Crippen LogP contribution is -2.29. The summed E-state index contributed by atoms with van der Waals surface area (Å²) < 4.78 is 9.87. The maximum Gasteiger partial charge on any atom is 0.292 e. The van der Waals surface area contributed by atoms with Gasteiger partial charge in [0.05, 0.1) is 13.2 Å². The SMILES string of the molecule is CCN(Cc1ccccc1)C(=O)c1cc(OC)no1. The lowest BCUT2D eigenvalue weighted by atomic mass is 10.2. The van der Waals surface area contributed by atoms with Gasteiger partial charge in [0.2, 0.25) is 5.76 Å². The summed E-state index contributed by atoms with van der Waals surface area (Å²) in [4.78, 5) is 13.9. The van der Waals surface area contributed by atoms with Crippen LogP contribution in [-0.2, 0) is 6.54 Å². The van der Waals surface area contributed by atoms with Gasteiger partial charge < -0.3 is 14.2 Å². The molecule has 0 aliphatic rings. The minimum atomic E-state index is -0.192. The molecule has 19 heavy (non-hydrogen) atoms. The van der Waals surface area contributed by atoms with Crippen molar-refractivity contribution < 1.29 is 14.1 Å². The molecule has 0 aliphatic heterocycles. The lowest BCUT2D eigenvalue weighted by molar-refractivity contribution is 0.0710. The number of amides is 1. The Morgan fingerprint density at radius 2 is 2.11 bits per heavy atom. The summed E-state index contributed by atoms with van der Waals surface area (Å²) in [6.45, 7) is 3.06. The predicted octanol–water partition coefficient (Wildman–Crippen LogP) is 2.35. The number of benzene rings is 1. The quantitative estimate of drug-likeness (QED) is 0.828. The highest BCUT2D eigenvalue weighted by Crippen LogP contribution is 2.14. The zero-order valence-corrected chi connectivity index (χ0v) is 11.0. The van der Waals surface area contributed by atoms with Crippen molar-refractivity contribution in [1.82, 2.24) is 10.1 Å². The number of hydrogen-bond acceptors (Lipinski definition) is 4.